The zero-order valence-electron chi connectivity index (χ0n) is 27.4. The molecule has 0 amide bonds. The first-order chi connectivity index (χ1) is 23.2. The molecule has 0 spiro atoms. The number of ether oxygens (including phenoxy) is 7. The van der Waals surface area contributed by atoms with Crippen LogP contribution in [0, 0.1) is 0 Å². The van der Waals surface area contributed by atoms with E-state index in [-0.39, 0.29) is 57.1 Å². The first kappa shape index (κ1) is 36.3. The van der Waals surface area contributed by atoms with Crippen molar-refractivity contribution in [3.05, 3.63) is 96.1 Å². The second-order valence-corrected chi connectivity index (χ2v) is 11.4. The molecule has 3 aromatic carbocycles. The summed E-state index contributed by atoms with van der Waals surface area (Å²) in [5.41, 5.74) is 1.72. The minimum absolute atomic E-state index is 0.00126. The molecule has 11 heteroatoms. The van der Waals surface area contributed by atoms with Gasteiger partial charge in [0.1, 0.15) is 48.0 Å². The van der Waals surface area contributed by atoms with Crippen molar-refractivity contribution in [3.8, 4) is 11.5 Å². The number of benzene rings is 3. The third kappa shape index (κ3) is 11.6. The molecule has 48 heavy (non-hydrogen) atoms. The average Bonchev–Trinajstić information content (AvgIpc) is 3.09. The maximum absolute atomic E-state index is 13.1. The normalized spacial score (nSPS) is 20.4. The Morgan fingerprint density at radius 3 is 1.69 bits per heavy atom. The van der Waals surface area contributed by atoms with E-state index in [1.165, 1.54) is 13.8 Å². The molecule has 11 nitrogen and oxygen atoms in total. The standard InChI is InChI=1S/C37H42O11/c1-25(38)14-20-32(40)43-24-31-34(44-22-27-10-6-4-7-11-27)35(45-23-28-12-8-5-9-13-28)36(48-33(41)21-15-26(2)39)37(47-31)46-30-18-16-29(42-3)17-19-30/h4-13,16-19,31,34-37H,14-15,20-24H2,1-3H3/t31-,34-,35+,36+,37+/m1/s1. The number of esters is 2. The number of Topliss-reactive ketones (excluding diaryl/α,β-unsaturated/α-hetero) is 2. The second kappa shape index (κ2) is 18.7. The lowest BCUT2D eigenvalue weighted by atomic mass is 9.97. The van der Waals surface area contributed by atoms with E-state index in [4.69, 9.17) is 33.2 Å². The van der Waals surface area contributed by atoms with Crippen LogP contribution in [-0.2, 0) is 56.1 Å². The topological polar surface area (TPSA) is 133 Å². The zero-order chi connectivity index (χ0) is 34.3. The van der Waals surface area contributed by atoms with Gasteiger partial charge >= 0.3 is 11.9 Å². The Morgan fingerprint density at radius 1 is 0.625 bits per heavy atom. The van der Waals surface area contributed by atoms with E-state index in [1.54, 1.807) is 31.4 Å². The molecule has 1 fully saturated rings. The summed E-state index contributed by atoms with van der Waals surface area (Å²) < 4.78 is 42.4. The minimum atomic E-state index is -1.24. The molecular formula is C37H42O11. The van der Waals surface area contributed by atoms with Crippen molar-refractivity contribution in [2.45, 2.75) is 83.5 Å². The molecule has 3 aromatic rings. The van der Waals surface area contributed by atoms with Crippen LogP contribution in [0.15, 0.2) is 84.9 Å². The predicted molar refractivity (Wildman–Crippen MR) is 173 cm³/mol. The van der Waals surface area contributed by atoms with Crippen molar-refractivity contribution in [3.63, 3.8) is 0 Å². The summed E-state index contributed by atoms with van der Waals surface area (Å²) in [5.74, 6) is -0.539. The summed E-state index contributed by atoms with van der Waals surface area (Å²) in [5, 5.41) is 0. The van der Waals surface area contributed by atoms with Crippen LogP contribution in [0.2, 0.25) is 0 Å². The third-order valence-corrected chi connectivity index (χ3v) is 7.51. The molecule has 0 aliphatic carbocycles. The molecule has 0 N–H and O–H groups in total. The predicted octanol–water partition coefficient (Wildman–Crippen LogP) is 5.16. The van der Waals surface area contributed by atoms with Gasteiger partial charge in [-0.1, -0.05) is 60.7 Å². The van der Waals surface area contributed by atoms with E-state index in [0.29, 0.717) is 11.5 Å². The van der Waals surface area contributed by atoms with Crippen molar-refractivity contribution >= 4 is 23.5 Å². The molecule has 0 radical (unpaired) electrons. The van der Waals surface area contributed by atoms with Crippen LogP contribution in [0.5, 0.6) is 11.5 Å². The summed E-state index contributed by atoms with van der Waals surface area (Å²) in [6.07, 6.45) is -5.44. The first-order valence-electron chi connectivity index (χ1n) is 15.8. The average molecular weight is 663 g/mol. The summed E-state index contributed by atoms with van der Waals surface area (Å²) in [6.45, 7) is 2.81. The third-order valence-electron chi connectivity index (χ3n) is 7.51. The number of rotatable bonds is 18. The fourth-order valence-corrected chi connectivity index (χ4v) is 4.96. The molecule has 1 aliphatic rings. The highest BCUT2D eigenvalue weighted by atomic mass is 16.7. The molecule has 1 heterocycles. The van der Waals surface area contributed by atoms with Gasteiger partial charge in [-0.15, -0.1) is 0 Å². The lowest BCUT2D eigenvalue weighted by molar-refractivity contribution is -0.301. The Balaban J connectivity index is 1.69. The molecule has 0 saturated carbocycles. The molecule has 1 aliphatic heterocycles. The summed E-state index contributed by atoms with van der Waals surface area (Å²) in [6, 6.07) is 25.6. The van der Waals surface area contributed by atoms with Gasteiger partial charge in [0.05, 0.1) is 33.2 Å². The van der Waals surface area contributed by atoms with Gasteiger partial charge in [-0.2, -0.15) is 0 Å². The Labute approximate surface area is 280 Å². The number of carbonyl (C=O) groups is 4. The van der Waals surface area contributed by atoms with Crippen molar-refractivity contribution in [2.75, 3.05) is 13.7 Å². The SMILES string of the molecule is COc1ccc(O[C@H]2O[C@H](COC(=O)CCC(C)=O)[C@@H](OCc3ccccc3)[C@H](OCc3ccccc3)[C@@H]2OC(=O)CCC(C)=O)cc1. The quantitative estimate of drug-likeness (QED) is 0.167. The molecule has 5 atom stereocenters. The fourth-order valence-electron chi connectivity index (χ4n) is 4.96. The van der Waals surface area contributed by atoms with Gasteiger partial charge in [0.25, 0.3) is 0 Å². The highest BCUT2D eigenvalue weighted by Gasteiger charge is 2.51. The maximum atomic E-state index is 13.1. The first-order valence-corrected chi connectivity index (χ1v) is 15.8. The maximum Gasteiger partial charge on any atom is 0.306 e. The van der Waals surface area contributed by atoms with Crippen LogP contribution >= 0.6 is 0 Å². The number of methoxy groups -OCH3 is 1. The second-order valence-electron chi connectivity index (χ2n) is 11.4. The minimum Gasteiger partial charge on any atom is -0.497 e. The largest absolute Gasteiger partial charge is 0.497 e. The van der Waals surface area contributed by atoms with Crippen LogP contribution in [0.25, 0.3) is 0 Å². The van der Waals surface area contributed by atoms with E-state index in [9.17, 15) is 19.2 Å². The molecule has 256 valence electrons. The van der Waals surface area contributed by atoms with Crippen LogP contribution in [0.1, 0.15) is 50.7 Å². The smallest absolute Gasteiger partial charge is 0.306 e. The number of hydrogen-bond acceptors (Lipinski definition) is 11. The van der Waals surface area contributed by atoms with E-state index in [1.807, 2.05) is 60.7 Å². The van der Waals surface area contributed by atoms with Crippen molar-refractivity contribution in [2.24, 2.45) is 0 Å². The molecule has 1 saturated heterocycles. The molecule has 4 rings (SSSR count). The van der Waals surface area contributed by atoms with Gasteiger partial charge in [-0.25, -0.2) is 0 Å². The van der Waals surface area contributed by atoms with Crippen molar-refractivity contribution in [1.82, 2.24) is 0 Å². The highest BCUT2D eigenvalue weighted by Crippen LogP contribution is 2.32. The van der Waals surface area contributed by atoms with Crippen LogP contribution < -0.4 is 9.47 Å². The van der Waals surface area contributed by atoms with Crippen molar-refractivity contribution in [1.29, 1.82) is 0 Å². The summed E-state index contributed by atoms with van der Waals surface area (Å²) >= 11 is 0. The van der Waals surface area contributed by atoms with Crippen LogP contribution in [0.4, 0.5) is 0 Å². The highest BCUT2D eigenvalue weighted by molar-refractivity contribution is 5.81. The van der Waals surface area contributed by atoms with E-state index in [2.05, 4.69) is 0 Å². The Hall–Kier alpha value is -4.58. The van der Waals surface area contributed by atoms with Gasteiger partial charge in [-0.05, 0) is 49.2 Å². The van der Waals surface area contributed by atoms with Gasteiger partial charge < -0.3 is 42.7 Å². The number of hydrogen-bond donors (Lipinski definition) is 0. The van der Waals surface area contributed by atoms with Crippen LogP contribution in [-0.4, -0.2) is 67.9 Å². The molecular weight excluding hydrogens is 620 g/mol. The Kier molecular flexibility index (Phi) is 14.1. The lowest BCUT2D eigenvalue weighted by Gasteiger charge is -2.45. The monoisotopic (exact) mass is 662 g/mol. The molecule has 0 bridgehead atoms. The zero-order valence-corrected chi connectivity index (χ0v) is 27.4. The summed E-state index contributed by atoms with van der Waals surface area (Å²) in [7, 11) is 1.54. The van der Waals surface area contributed by atoms with E-state index < -0.39 is 42.6 Å². The van der Waals surface area contributed by atoms with Crippen LogP contribution in [0.3, 0.4) is 0 Å². The van der Waals surface area contributed by atoms with Gasteiger partial charge in [-0.3, -0.25) is 9.59 Å². The lowest BCUT2D eigenvalue weighted by Crippen LogP contribution is -2.63. The van der Waals surface area contributed by atoms with Gasteiger partial charge in [0.15, 0.2) is 6.10 Å². The van der Waals surface area contributed by atoms with Crippen molar-refractivity contribution < 1.29 is 52.3 Å². The fraction of sp³-hybridized carbons (Fsp3) is 0.405. The Morgan fingerprint density at radius 2 is 1.15 bits per heavy atom. The number of ketones is 2. The Bertz CT molecular complexity index is 1460. The summed E-state index contributed by atoms with van der Waals surface area (Å²) in [4.78, 5) is 48.9. The van der Waals surface area contributed by atoms with E-state index >= 15 is 0 Å². The molecule has 0 aromatic heterocycles. The molecule has 0 unspecified atom stereocenters. The van der Waals surface area contributed by atoms with E-state index in [0.717, 1.165) is 11.1 Å². The van der Waals surface area contributed by atoms with Gasteiger partial charge in [0, 0.05) is 12.8 Å². The number of carbonyl (C=O) groups excluding carboxylic acids is 4. The van der Waals surface area contributed by atoms with Gasteiger partial charge in [0.2, 0.25) is 6.29 Å².